The van der Waals surface area contributed by atoms with Crippen molar-refractivity contribution in [1.82, 2.24) is 15.3 Å². The second kappa shape index (κ2) is 9.19. The smallest absolute Gasteiger partial charge is 0.270 e. The van der Waals surface area contributed by atoms with E-state index in [-0.39, 0.29) is 18.6 Å². The third-order valence-electron chi connectivity index (χ3n) is 5.16. The van der Waals surface area contributed by atoms with Crippen molar-refractivity contribution in [3.8, 4) is 5.88 Å². The number of nitrogens with zero attached hydrogens (tertiary/aromatic N) is 2. The summed E-state index contributed by atoms with van der Waals surface area (Å²) in [5, 5.41) is 14.0. The molecule has 0 bridgehead atoms. The van der Waals surface area contributed by atoms with E-state index in [2.05, 4.69) is 15.3 Å². The molecule has 7 nitrogen and oxygen atoms in total. The van der Waals surface area contributed by atoms with Gasteiger partial charge in [-0.25, -0.2) is 9.97 Å². The van der Waals surface area contributed by atoms with Gasteiger partial charge in [-0.3, -0.25) is 4.79 Å². The molecule has 0 saturated carbocycles. The van der Waals surface area contributed by atoms with Crippen molar-refractivity contribution in [3.05, 3.63) is 65.5 Å². The Bertz CT molecular complexity index is 1020. The van der Waals surface area contributed by atoms with Crippen molar-refractivity contribution in [1.29, 1.82) is 0 Å². The number of benzene rings is 1. The van der Waals surface area contributed by atoms with Gasteiger partial charge < -0.3 is 19.9 Å². The zero-order valence-corrected chi connectivity index (χ0v) is 16.9. The van der Waals surface area contributed by atoms with Gasteiger partial charge in [-0.05, 0) is 43.0 Å². The van der Waals surface area contributed by atoms with Crippen LogP contribution >= 0.6 is 0 Å². The third kappa shape index (κ3) is 4.58. The Kier molecular flexibility index (Phi) is 6.21. The van der Waals surface area contributed by atoms with Crippen LogP contribution in [0.1, 0.15) is 35.0 Å². The summed E-state index contributed by atoms with van der Waals surface area (Å²) >= 11 is 0. The van der Waals surface area contributed by atoms with Gasteiger partial charge >= 0.3 is 0 Å². The van der Waals surface area contributed by atoms with Gasteiger partial charge in [0.1, 0.15) is 5.69 Å². The van der Waals surface area contributed by atoms with E-state index in [1.165, 1.54) is 0 Å². The largest absolute Gasteiger partial charge is 0.478 e. The lowest BCUT2D eigenvalue weighted by Crippen LogP contribution is -2.48. The Morgan fingerprint density at radius 1 is 1.30 bits per heavy atom. The molecule has 1 aliphatic heterocycles. The van der Waals surface area contributed by atoms with Crippen LogP contribution in [0, 0.1) is 0 Å². The van der Waals surface area contributed by atoms with Gasteiger partial charge in [0.05, 0.1) is 30.9 Å². The number of fused-ring (bicyclic) bond motifs is 1. The number of hydrogen-bond donors (Lipinski definition) is 2. The average Bonchev–Trinajstić information content (AvgIpc) is 2.77. The van der Waals surface area contributed by atoms with Crippen molar-refractivity contribution in [2.45, 2.75) is 31.9 Å². The molecule has 7 heteroatoms. The standard InChI is InChI=1S/C23H25N3O4/c1-2-30-22-8-7-15(13-24-22)11-16-12-20(25-18-6-4-3-5-17(16)18)23(28)26-19-9-10-29-14-21(19)27/h3-8,12-13,19,21,27H,2,9-11,14H2,1H3,(H,26,28)/t19-,21-/m0/s1. The molecule has 2 aromatic heterocycles. The summed E-state index contributed by atoms with van der Waals surface area (Å²) in [4.78, 5) is 21.7. The van der Waals surface area contributed by atoms with Crippen LogP contribution in [0.3, 0.4) is 0 Å². The van der Waals surface area contributed by atoms with Crippen LogP contribution in [0.15, 0.2) is 48.7 Å². The number of ether oxygens (including phenoxy) is 2. The van der Waals surface area contributed by atoms with E-state index in [0.717, 1.165) is 22.0 Å². The maximum Gasteiger partial charge on any atom is 0.270 e. The molecule has 3 heterocycles. The monoisotopic (exact) mass is 407 g/mol. The fourth-order valence-electron chi connectivity index (χ4n) is 3.61. The summed E-state index contributed by atoms with van der Waals surface area (Å²) < 4.78 is 10.6. The van der Waals surface area contributed by atoms with Gasteiger partial charge in [-0.2, -0.15) is 0 Å². The number of aromatic nitrogens is 2. The first-order chi connectivity index (χ1) is 14.6. The van der Waals surface area contributed by atoms with Gasteiger partial charge in [0.15, 0.2) is 0 Å². The lowest BCUT2D eigenvalue weighted by atomic mass is 10.0. The number of carbonyl (C=O) groups excluding carboxylic acids is 1. The summed E-state index contributed by atoms with van der Waals surface area (Å²) in [5.74, 6) is 0.300. The van der Waals surface area contributed by atoms with E-state index in [1.54, 1.807) is 6.20 Å². The van der Waals surface area contributed by atoms with Gasteiger partial charge in [0.25, 0.3) is 5.91 Å². The van der Waals surface area contributed by atoms with Crippen LogP contribution < -0.4 is 10.1 Å². The molecule has 2 N–H and O–H groups in total. The zero-order valence-electron chi connectivity index (χ0n) is 16.9. The van der Waals surface area contributed by atoms with Crippen molar-refractivity contribution in [3.63, 3.8) is 0 Å². The fraction of sp³-hybridized carbons (Fsp3) is 0.348. The predicted molar refractivity (Wildman–Crippen MR) is 113 cm³/mol. The quantitative estimate of drug-likeness (QED) is 0.652. The van der Waals surface area contributed by atoms with E-state index >= 15 is 0 Å². The Morgan fingerprint density at radius 3 is 2.93 bits per heavy atom. The molecule has 1 aromatic carbocycles. The molecule has 0 radical (unpaired) electrons. The molecule has 0 aliphatic carbocycles. The highest BCUT2D eigenvalue weighted by Crippen LogP contribution is 2.22. The number of nitrogens with one attached hydrogen (secondary N) is 1. The maximum atomic E-state index is 12.9. The Labute approximate surface area is 175 Å². The van der Waals surface area contributed by atoms with Gasteiger partial charge in [0, 0.05) is 24.3 Å². The van der Waals surface area contributed by atoms with E-state index in [1.807, 2.05) is 49.4 Å². The molecule has 4 rings (SSSR count). The van der Waals surface area contributed by atoms with Crippen LogP contribution in [-0.4, -0.2) is 52.9 Å². The highest BCUT2D eigenvalue weighted by Gasteiger charge is 2.26. The van der Waals surface area contributed by atoms with E-state index in [4.69, 9.17) is 9.47 Å². The molecular weight excluding hydrogens is 382 g/mol. The van der Waals surface area contributed by atoms with E-state index in [9.17, 15) is 9.90 Å². The summed E-state index contributed by atoms with van der Waals surface area (Å²) in [7, 11) is 0. The van der Waals surface area contributed by atoms with Crippen LogP contribution in [0.4, 0.5) is 0 Å². The number of aliphatic hydroxyl groups excluding tert-OH is 1. The Morgan fingerprint density at radius 2 is 2.17 bits per heavy atom. The second-order valence-corrected chi connectivity index (χ2v) is 7.31. The lowest BCUT2D eigenvalue weighted by Gasteiger charge is -2.28. The number of amides is 1. The SMILES string of the molecule is CCOc1ccc(Cc2cc(C(=O)N[C@H]3CCOC[C@@H]3O)nc3ccccc23)cn1. The van der Waals surface area contributed by atoms with E-state index in [0.29, 0.717) is 37.6 Å². The maximum absolute atomic E-state index is 12.9. The van der Waals surface area contributed by atoms with Crippen molar-refractivity contribution in [2.24, 2.45) is 0 Å². The average molecular weight is 407 g/mol. The Hall–Kier alpha value is -3.03. The summed E-state index contributed by atoms with van der Waals surface area (Å²) in [6.07, 6.45) is 2.27. The van der Waals surface area contributed by atoms with Gasteiger partial charge in [-0.15, -0.1) is 0 Å². The first-order valence-corrected chi connectivity index (χ1v) is 10.2. The zero-order chi connectivity index (χ0) is 20.9. The topological polar surface area (TPSA) is 93.6 Å². The molecule has 30 heavy (non-hydrogen) atoms. The minimum absolute atomic E-state index is 0.228. The number of aliphatic hydroxyl groups is 1. The molecular formula is C23H25N3O4. The summed E-state index contributed by atoms with van der Waals surface area (Å²) in [5.41, 5.74) is 3.10. The molecule has 0 unspecified atom stereocenters. The van der Waals surface area contributed by atoms with Crippen LogP contribution in [0.5, 0.6) is 5.88 Å². The number of hydrogen-bond acceptors (Lipinski definition) is 6. The first-order valence-electron chi connectivity index (χ1n) is 10.2. The molecule has 156 valence electrons. The molecule has 1 saturated heterocycles. The van der Waals surface area contributed by atoms with Gasteiger partial charge in [-0.1, -0.05) is 24.3 Å². The van der Waals surface area contributed by atoms with Crippen LogP contribution in [0.25, 0.3) is 10.9 Å². The van der Waals surface area contributed by atoms with Gasteiger partial charge in [0.2, 0.25) is 5.88 Å². The number of carbonyl (C=O) groups is 1. The highest BCUT2D eigenvalue weighted by atomic mass is 16.5. The molecule has 1 amide bonds. The minimum atomic E-state index is -0.711. The molecule has 1 fully saturated rings. The second-order valence-electron chi connectivity index (χ2n) is 7.31. The molecule has 0 spiro atoms. The molecule has 3 aromatic rings. The minimum Gasteiger partial charge on any atom is -0.478 e. The van der Waals surface area contributed by atoms with Crippen LogP contribution in [-0.2, 0) is 11.2 Å². The van der Waals surface area contributed by atoms with Crippen molar-refractivity contribution < 1.29 is 19.4 Å². The fourth-order valence-corrected chi connectivity index (χ4v) is 3.61. The first kappa shape index (κ1) is 20.3. The van der Waals surface area contributed by atoms with Crippen molar-refractivity contribution in [2.75, 3.05) is 19.8 Å². The molecule has 2 atom stereocenters. The number of rotatable bonds is 6. The summed E-state index contributed by atoms with van der Waals surface area (Å²) in [6.45, 7) is 3.24. The highest BCUT2D eigenvalue weighted by molar-refractivity contribution is 5.96. The molecule has 1 aliphatic rings. The Balaban J connectivity index is 1.61. The predicted octanol–water partition coefficient (Wildman–Crippen LogP) is 2.50. The normalized spacial score (nSPS) is 18.9. The van der Waals surface area contributed by atoms with Crippen molar-refractivity contribution >= 4 is 16.8 Å². The van der Waals surface area contributed by atoms with E-state index < -0.39 is 6.10 Å². The number of pyridine rings is 2. The number of para-hydroxylation sites is 1. The third-order valence-corrected chi connectivity index (χ3v) is 5.16. The van der Waals surface area contributed by atoms with Crippen LogP contribution in [0.2, 0.25) is 0 Å². The summed E-state index contributed by atoms with van der Waals surface area (Å²) in [6, 6.07) is 13.1. The lowest BCUT2D eigenvalue weighted by molar-refractivity contribution is -0.0261.